The number of thioether (sulfide) groups is 1. The fraction of sp³-hybridized carbons (Fsp3) is 0.167. The topological polar surface area (TPSA) is 105 Å². The Hall–Kier alpha value is -2.35. The maximum atomic E-state index is 10.9. The Balaban J connectivity index is 2.01. The molecule has 1 aromatic heterocycles. The minimum absolute atomic E-state index is 0.327. The monoisotopic (exact) mass is 293 g/mol. The molecule has 2 N–H and O–H groups in total. The predicted molar refractivity (Wildman–Crippen MR) is 71.1 cm³/mol. The zero-order valence-electron chi connectivity index (χ0n) is 10.3. The Labute approximate surface area is 118 Å². The molecule has 2 aromatic rings. The summed E-state index contributed by atoms with van der Waals surface area (Å²) in [6.07, 6.45) is 0. The molecule has 1 heterocycles. The number of hydrogen-bond donors (Lipinski definition) is 2. The van der Waals surface area contributed by atoms with Crippen LogP contribution in [0.25, 0.3) is 0 Å². The van der Waals surface area contributed by atoms with Crippen LogP contribution >= 0.6 is 11.8 Å². The van der Waals surface area contributed by atoms with Gasteiger partial charge in [0.1, 0.15) is 0 Å². The van der Waals surface area contributed by atoms with E-state index in [4.69, 9.17) is 10.2 Å². The van der Waals surface area contributed by atoms with E-state index in [0.29, 0.717) is 12.3 Å². The predicted octanol–water partition coefficient (Wildman–Crippen LogP) is 1.47. The van der Waals surface area contributed by atoms with E-state index in [9.17, 15) is 9.59 Å². The number of aryl methyl sites for hydroxylation is 1. The number of carboxylic acids is 2. The molecule has 0 saturated carbocycles. The number of aromatic nitrogens is 3. The van der Waals surface area contributed by atoms with Crippen LogP contribution in [0.2, 0.25) is 0 Å². The van der Waals surface area contributed by atoms with E-state index in [-0.39, 0.29) is 0 Å². The highest BCUT2D eigenvalue weighted by atomic mass is 32.2. The summed E-state index contributed by atoms with van der Waals surface area (Å²) in [4.78, 5) is 23.9. The fourth-order valence-corrected chi connectivity index (χ4v) is 2.34. The van der Waals surface area contributed by atoms with Crippen molar-refractivity contribution in [3.63, 3.8) is 0 Å². The molecule has 7 nitrogen and oxygen atoms in total. The lowest BCUT2D eigenvalue weighted by molar-refractivity contribution is 0.0644. The normalized spacial score (nSPS) is 10.4. The van der Waals surface area contributed by atoms with Crippen molar-refractivity contribution < 1.29 is 19.8 Å². The van der Waals surface area contributed by atoms with Crippen LogP contribution in [0.4, 0.5) is 0 Å². The summed E-state index contributed by atoms with van der Waals surface area (Å²) in [5, 5.41) is 25.0. The summed E-state index contributed by atoms with van der Waals surface area (Å²) in [5.74, 6) is -2.19. The Morgan fingerprint density at radius 2 is 1.60 bits per heavy atom. The molecule has 0 bridgehead atoms. The molecule has 0 radical (unpaired) electrons. The Morgan fingerprint density at radius 1 is 1.05 bits per heavy atom. The van der Waals surface area contributed by atoms with Crippen molar-refractivity contribution in [2.75, 3.05) is 5.75 Å². The lowest BCUT2D eigenvalue weighted by Crippen LogP contribution is -2.07. The minimum Gasteiger partial charge on any atom is -0.476 e. The van der Waals surface area contributed by atoms with Gasteiger partial charge >= 0.3 is 11.9 Å². The highest BCUT2D eigenvalue weighted by Gasteiger charge is 2.22. The van der Waals surface area contributed by atoms with Crippen LogP contribution < -0.4 is 0 Å². The molecule has 0 saturated heterocycles. The Morgan fingerprint density at radius 3 is 2.10 bits per heavy atom. The van der Waals surface area contributed by atoms with Gasteiger partial charge in [-0.2, -0.15) is 4.80 Å². The quantitative estimate of drug-likeness (QED) is 0.777. The number of benzene rings is 1. The summed E-state index contributed by atoms with van der Waals surface area (Å²) < 4.78 is 0. The molecule has 2 rings (SSSR count). The molecule has 0 unspecified atom stereocenters. The van der Waals surface area contributed by atoms with Gasteiger partial charge in [-0.25, -0.2) is 9.59 Å². The summed E-state index contributed by atoms with van der Waals surface area (Å²) in [7, 11) is 0. The molecule has 0 aliphatic carbocycles. The van der Waals surface area contributed by atoms with Crippen LogP contribution in [-0.2, 0) is 6.54 Å². The SMILES string of the molecule is O=C(O)c1nn(CCSc2ccccc2)nc1C(=O)O. The summed E-state index contributed by atoms with van der Waals surface area (Å²) in [6.45, 7) is 0.327. The first-order valence-corrected chi connectivity index (χ1v) is 6.66. The van der Waals surface area contributed by atoms with Crippen molar-refractivity contribution in [3.8, 4) is 0 Å². The molecule has 8 heteroatoms. The number of hydrogen-bond acceptors (Lipinski definition) is 5. The summed E-state index contributed by atoms with van der Waals surface area (Å²) >= 11 is 1.55. The third kappa shape index (κ3) is 3.35. The van der Waals surface area contributed by atoms with Crippen molar-refractivity contribution >= 4 is 23.7 Å². The van der Waals surface area contributed by atoms with Crippen LogP contribution in [0, 0.1) is 0 Å². The van der Waals surface area contributed by atoms with Gasteiger partial charge in [-0.15, -0.1) is 22.0 Å². The van der Waals surface area contributed by atoms with E-state index in [1.807, 2.05) is 30.3 Å². The molecule has 20 heavy (non-hydrogen) atoms. The maximum Gasteiger partial charge on any atom is 0.359 e. The summed E-state index contributed by atoms with van der Waals surface area (Å²) in [6, 6.07) is 9.65. The molecule has 0 aliphatic heterocycles. The second kappa shape index (κ2) is 6.20. The molecule has 0 fully saturated rings. The van der Waals surface area contributed by atoms with Gasteiger partial charge in [-0.1, -0.05) is 18.2 Å². The van der Waals surface area contributed by atoms with Crippen molar-refractivity contribution in [2.45, 2.75) is 11.4 Å². The van der Waals surface area contributed by atoms with Gasteiger partial charge < -0.3 is 10.2 Å². The van der Waals surface area contributed by atoms with Crippen LogP contribution in [0.1, 0.15) is 21.0 Å². The Kier molecular flexibility index (Phi) is 4.36. The number of carboxylic acid groups (broad SMARTS) is 2. The average molecular weight is 293 g/mol. The number of carbonyl (C=O) groups is 2. The van der Waals surface area contributed by atoms with Gasteiger partial charge in [0, 0.05) is 10.6 Å². The van der Waals surface area contributed by atoms with E-state index < -0.39 is 23.3 Å². The molecule has 104 valence electrons. The first-order valence-electron chi connectivity index (χ1n) is 5.67. The molecule has 1 aromatic carbocycles. The highest BCUT2D eigenvalue weighted by molar-refractivity contribution is 7.99. The second-order valence-corrected chi connectivity index (χ2v) is 4.93. The molecular weight excluding hydrogens is 282 g/mol. The van der Waals surface area contributed by atoms with E-state index in [1.54, 1.807) is 11.8 Å². The van der Waals surface area contributed by atoms with Gasteiger partial charge in [0.05, 0.1) is 6.54 Å². The van der Waals surface area contributed by atoms with E-state index in [1.165, 1.54) is 0 Å². The highest BCUT2D eigenvalue weighted by Crippen LogP contribution is 2.16. The van der Waals surface area contributed by atoms with Gasteiger partial charge in [0.25, 0.3) is 0 Å². The number of nitrogens with zero attached hydrogens (tertiary/aromatic N) is 3. The molecule has 0 spiro atoms. The number of rotatable bonds is 6. The third-order valence-corrected chi connectivity index (χ3v) is 3.36. The molecule has 0 aliphatic rings. The average Bonchev–Trinajstić information content (AvgIpc) is 2.85. The van der Waals surface area contributed by atoms with Crippen LogP contribution in [0.15, 0.2) is 35.2 Å². The first-order chi connectivity index (χ1) is 9.58. The van der Waals surface area contributed by atoms with Crippen molar-refractivity contribution in [1.82, 2.24) is 15.0 Å². The van der Waals surface area contributed by atoms with Crippen molar-refractivity contribution in [2.24, 2.45) is 0 Å². The zero-order chi connectivity index (χ0) is 14.5. The lowest BCUT2D eigenvalue weighted by Gasteiger charge is -2.00. The number of aromatic carboxylic acids is 2. The maximum absolute atomic E-state index is 10.9. The van der Waals surface area contributed by atoms with Crippen molar-refractivity contribution in [3.05, 3.63) is 41.7 Å². The van der Waals surface area contributed by atoms with Gasteiger partial charge in [-0.3, -0.25) is 0 Å². The fourth-order valence-electron chi connectivity index (χ4n) is 1.50. The lowest BCUT2D eigenvalue weighted by atomic mass is 10.3. The third-order valence-electron chi connectivity index (χ3n) is 2.36. The largest absolute Gasteiger partial charge is 0.476 e. The van der Waals surface area contributed by atoms with Gasteiger partial charge in [0.15, 0.2) is 0 Å². The second-order valence-electron chi connectivity index (χ2n) is 3.76. The van der Waals surface area contributed by atoms with Crippen molar-refractivity contribution in [1.29, 1.82) is 0 Å². The van der Waals surface area contributed by atoms with Crippen LogP contribution in [-0.4, -0.2) is 42.9 Å². The summed E-state index contributed by atoms with van der Waals surface area (Å²) in [5.41, 5.74) is -1.08. The van der Waals surface area contributed by atoms with Crippen LogP contribution in [0.3, 0.4) is 0 Å². The van der Waals surface area contributed by atoms with E-state index >= 15 is 0 Å². The van der Waals surface area contributed by atoms with E-state index in [2.05, 4.69) is 10.2 Å². The standard InChI is InChI=1S/C12H11N3O4S/c16-11(17)9-10(12(18)19)14-15(13-9)6-7-20-8-4-2-1-3-5-8/h1-5H,6-7H2,(H,16,17)(H,18,19). The molecule has 0 atom stereocenters. The van der Waals surface area contributed by atoms with Gasteiger partial charge in [-0.05, 0) is 12.1 Å². The smallest absolute Gasteiger partial charge is 0.359 e. The molecular formula is C12H11N3O4S. The first kappa shape index (κ1) is 14.1. The zero-order valence-corrected chi connectivity index (χ0v) is 11.1. The van der Waals surface area contributed by atoms with Crippen LogP contribution in [0.5, 0.6) is 0 Å². The van der Waals surface area contributed by atoms with Gasteiger partial charge in [0.2, 0.25) is 11.4 Å². The van der Waals surface area contributed by atoms with E-state index in [0.717, 1.165) is 9.69 Å². The molecule has 0 amide bonds. The minimum atomic E-state index is -1.40. The Bertz CT molecular complexity index is 595.